The van der Waals surface area contributed by atoms with Crippen LogP contribution in [0.5, 0.6) is 0 Å². The molecule has 1 aromatic heterocycles. The predicted octanol–water partition coefficient (Wildman–Crippen LogP) is 1.02. The van der Waals surface area contributed by atoms with Gasteiger partial charge in [-0.1, -0.05) is 0 Å². The van der Waals surface area contributed by atoms with Gasteiger partial charge in [-0.3, -0.25) is 4.79 Å². The molecule has 15 heavy (non-hydrogen) atoms. The van der Waals surface area contributed by atoms with E-state index in [-0.39, 0.29) is 18.5 Å². The number of aromatic nitrogens is 2. The fourth-order valence-electron chi connectivity index (χ4n) is 0.980. The van der Waals surface area contributed by atoms with Crippen molar-refractivity contribution in [1.82, 2.24) is 15.3 Å². The van der Waals surface area contributed by atoms with Crippen molar-refractivity contribution in [1.29, 1.82) is 0 Å². The molecule has 0 radical (unpaired) electrons. The van der Waals surface area contributed by atoms with Crippen LogP contribution in [0.1, 0.15) is 13.8 Å². The summed E-state index contributed by atoms with van der Waals surface area (Å²) >= 11 is 2.11. The Morgan fingerprint density at radius 3 is 2.93 bits per heavy atom. The van der Waals surface area contributed by atoms with E-state index in [1.165, 1.54) is 6.33 Å². The number of carbonyl (C=O) groups is 1. The largest absolute Gasteiger partial charge is 0.360 e. The van der Waals surface area contributed by atoms with Crippen molar-refractivity contribution >= 4 is 34.3 Å². The van der Waals surface area contributed by atoms with Crippen molar-refractivity contribution in [2.24, 2.45) is 0 Å². The van der Waals surface area contributed by atoms with Crippen LogP contribution >= 0.6 is 22.6 Å². The molecule has 6 heteroatoms. The third kappa shape index (κ3) is 4.41. The molecule has 5 nitrogen and oxygen atoms in total. The highest BCUT2D eigenvalue weighted by Crippen LogP contribution is 2.11. The average Bonchev–Trinajstić information content (AvgIpc) is 2.15. The van der Waals surface area contributed by atoms with E-state index >= 15 is 0 Å². The summed E-state index contributed by atoms with van der Waals surface area (Å²) in [5.41, 5.74) is 0. The minimum absolute atomic E-state index is 0.0422. The van der Waals surface area contributed by atoms with E-state index in [2.05, 4.69) is 43.2 Å². The summed E-state index contributed by atoms with van der Waals surface area (Å²) in [6, 6.07) is 0.156. The fraction of sp³-hybridized carbons (Fsp3) is 0.444. The Hall–Kier alpha value is -0.920. The van der Waals surface area contributed by atoms with E-state index in [9.17, 15) is 4.79 Å². The quantitative estimate of drug-likeness (QED) is 0.813. The van der Waals surface area contributed by atoms with Crippen molar-refractivity contribution in [3.63, 3.8) is 0 Å². The normalized spacial score (nSPS) is 10.1. The van der Waals surface area contributed by atoms with Gasteiger partial charge in [0.05, 0.1) is 10.1 Å². The molecule has 0 atom stereocenters. The fourth-order valence-corrected chi connectivity index (χ4v) is 1.47. The Labute approximate surface area is 102 Å². The Balaban J connectivity index is 2.44. The molecule has 0 aliphatic rings. The Morgan fingerprint density at radius 2 is 2.33 bits per heavy atom. The lowest BCUT2D eigenvalue weighted by molar-refractivity contribution is -0.119. The number of nitrogens with zero attached hydrogens (tertiary/aromatic N) is 2. The van der Waals surface area contributed by atoms with Gasteiger partial charge in [0.25, 0.3) is 0 Å². The molecule has 1 rings (SSSR count). The molecule has 0 saturated heterocycles. The molecule has 0 aromatic carbocycles. The van der Waals surface area contributed by atoms with Gasteiger partial charge in [-0.15, -0.1) is 0 Å². The third-order valence-electron chi connectivity index (χ3n) is 1.53. The summed E-state index contributed by atoms with van der Waals surface area (Å²) < 4.78 is 0.896. The van der Waals surface area contributed by atoms with E-state index in [1.54, 1.807) is 6.20 Å². The number of anilines is 1. The van der Waals surface area contributed by atoms with Gasteiger partial charge in [-0.2, -0.15) is 0 Å². The summed E-state index contributed by atoms with van der Waals surface area (Å²) in [4.78, 5) is 19.2. The van der Waals surface area contributed by atoms with Crippen LogP contribution in [0.4, 0.5) is 5.82 Å². The maximum atomic E-state index is 11.3. The molecule has 2 N–H and O–H groups in total. The van der Waals surface area contributed by atoms with E-state index in [1.807, 2.05) is 13.8 Å². The molecular weight excluding hydrogens is 307 g/mol. The molecule has 0 fully saturated rings. The highest BCUT2D eigenvalue weighted by atomic mass is 127. The van der Waals surface area contributed by atoms with Crippen molar-refractivity contribution in [3.05, 3.63) is 16.1 Å². The first-order valence-electron chi connectivity index (χ1n) is 4.58. The maximum Gasteiger partial charge on any atom is 0.239 e. The standard InChI is InChI=1S/C9H13IN4O/c1-6(2)14-8(15)4-12-9-7(10)3-11-5-13-9/h3,5-6H,4H2,1-2H3,(H,14,15)(H,11,12,13). The highest BCUT2D eigenvalue weighted by Gasteiger charge is 2.05. The lowest BCUT2D eigenvalue weighted by Gasteiger charge is -2.09. The Kier molecular flexibility index (Phi) is 4.73. The van der Waals surface area contributed by atoms with Crippen LogP contribution in [-0.2, 0) is 4.79 Å². The van der Waals surface area contributed by atoms with Gasteiger partial charge in [0.2, 0.25) is 5.91 Å². The molecule has 0 aliphatic heterocycles. The zero-order valence-electron chi connectivity index (χ0n) is 8.62. The molecule has 0 aliphatic carbocycles. The summed E-state index contributed by atoms with van der Waals surface area (Å²) in [6.45, 7) is 4.07. The van der Waals surface area contributed by atoms with Crippen LogP contribution in [-0.4, -0.2) is 28.5 Å². The first-order valence-corrected chi connectivity index (χ1v) is 5.66. The summed E-state index contributed by atoms with van der Waals surface area (Å²) in [5, 5.41) is 5.73. The van der Waals surface area contributed by atoms with E-state index in [0.717, 1.165) is 3.57 Å². The van der Waals surface area contributed by atoms with Gasteiger partial charge in [0.15, 0.2) is 0 Å². The van der Waals surface area contributed by atoms with Crippen molar-refractivity contribution in [3.8, 4) is 0 Å². The maximum absolute atomic E-state index is 11.3. The van der Waals surface area contributed by atoms with Crippen LogP contribution in [0.3, 0.4) is 0 Å². The molecular formula is C9H13IN4O. The molecule has 82 valence electrons. The van der Waals surface area contributed by atoms with E-state index in [4.69, 9.17) is 0 Å². The van der Waals surface area contributed by atoms with Crippen molar-refractivity contribution < 1.29 is 4.79 Å². The number of hydrogen-bond acceptors (Lipinski definition) is 4. The number of amides is 1. The average molecular weight is 320 g/mol. The second-order valence-electron chi connectivity index (χ2n) is 3.30. The van der Waals surface area contributed by atoms with Crippen LogP contribution < -0.4 is 10.6 Å². The zero-order valence-corrected chi connectivity index (χ0v) is 10.8. The van der Waals surface area contributed by atoms with Gasteiger partial charge in [0, 0.05) is 12.2 Å². The first-order chi connectivity index (χ1) is 7.09. The van der Waals surface area contributed by atoms with Gasteiger partial charge in [0.1, 0.15) is 12.1 Å². The predicted molar refractivity (Wildman–Crippen MR) is 66.5 cm³/mol. The molecule has 0 unspecified atom stereocenters. The van der Waals surface area contributed by atoms with Crippen LogP contribution in [0, 0.1) is 3.57 Å². The van der Waals surface area contributed by atoms with Gasteiger partial charge in [-0.25, -0.2) is 9.97 Å². The number of rotatable bonds is 4. The minimum Gasteiger partial charge on any atom is -0.360 e. The third-order valence-corrected chi connectivity index (χ3v) is 2.32. The second-order valence-corrected chi connectivity index (χ2v) is 4.46. The molecule has 0 spiro atoms. The van der Waals surface area contributed by atoms with Gasteiger partial charge in [-0.05, 0) is 36.4 Å². The van der Waals surface area contributed by atoms with Crippen LogP contribution in [0.15, 0.2) is 12.5 Å². The van der Waals surface area contributed by atoms with Crippen molar-refractivity contribution in [2.45, 2.75) is 19.9 Å². The zero-order chi connectivity index (χ0) is 11.3. The number of hydrogen-bond donors (Lipinski definition) is 2. The number of carbonyl (C=O) groups excluding carboxylic acids is 1. The van der Waals surface area contributed by atoms with E-state index in [0.29, 0.717) is 5.82 Å². The number of halogens is 1. The second kappa shape index (κ2) is 5.84. The van der Waals surface area contributed by atoms with Gasteiger partial charge < -0.3 is 10.6 Å². The topological polar surface area (TPSA) is 66.9 Å². The SMILES string of the molecule is CC(C)NC(=O)CNc1ncncc1I. The monoisotopic (exact) mass is 320 g/mol. The van der Waals surface area contributed by atoms with Gasteiger partial charge >= 0.3 is 0 Å². The smallest absolute Gasteiger partial charge is 0.239 e. The molecule has 1 amide bonds. The van der Waals surface area contributed by atoms with E-state index < -0.39 is 0 Å². The molecule has 0 bridgehead atoms. The molecule has 0 saturated carbocycles. The number of nitrogens with one attached hydrogen (secondary N) is 2. The minimum atomic E-state index is -0.0422. The van der Waals surface area contributed by atoms with Crippen molar-refractivity contribution in [2.75, 3.05) is 11.9 Å². The van der Waals surface area contributed by atoms with Crippen LogP contribution in [0.25, 0.3) is 0 Å². The lowest BCUT2D eigenvalue weighted by atomic mass is 10.4. The molecule has 1 aromatic rings. The first kappa shape index (κ1) is 12.2. The Morgan fingerprint density at radius 1 is 1.60 bits per heavy atom. The lowest BCUT2D eigenvalue weighted by Crippen LogP contribution is -2.35. The summed E-state index contributed by atoms with van der Waals surface area (Å²) in [5.74, 6) is 0.643. The Bertz CT molecular complexity index is 343. The summed E-state index contributed by atoms with van der Waals surface area (Å²) in [6.07, 6.45) is 3.14. The summed E-state index contributed by atoms with van der Waals surface area (Å²) in [7, 11) is 0. The highest BCUT2D eigenvalue weighted by molar-refractivity contribution is 14.1. The van der Waals surface area contributed by atoms with Crippen LogP contribution in [0.2, 0.25) is 0 Å². The molecule has 1 heterocycles.